The lowest BCUT2D eigenvalue weighted by molar-refractivity contribution is -0.138. The maximum Gasteiger partial charge on any atom is 0.225 e. The second kappa shape index (κ2) is 9.69. The first-order chi connectivity index (χ1) is 14.0. The monoisotopic (exact) mass is 398 g/mol. The number of nitrogens with two attached hydrogens (primary N) is 1. The zero-order chi connectivity index (χ0) is 20.8. The highest BCUT2D eigenvalue weighted by atomic mass is 16.2. The molecule has 29 heavy (non-hydrogen) atoms. The first-order valence-corrected chi connectivity index (χ1v) is 10.3. The zero-order valence-electron chi connectivity index (χ0n) is 17.0. The number of rotatable bonds is 6. The summed E-state index contributed by atoms with van der Waals surface area (Å²) in [5.41, 5.74) is 7.45. The minimum Gasteiger partial charge on any atom is -0.354 e. The average Bonchev–Trinajstić information content (AvgIpc) is 2.72. The molecule has 7 nitrogen and oxygen atoms in total. The molecule has 2 heterocycles. The molecule has 3 N–H and O–H groups in total. The summed E-state index contributed by atoms with van der Waals surface area (Å²) >= 11 is 0. The molecule has 0 aliphatic carbocycles. The molecule has 1 aromatic carbocycles. The Bertz CT molecular complexity index is 792. The van der Waals surface area contributed by atoms with Gasteiger partial charge in [-0.05, 0) is 36.5 Å². The van der Waals surface area contributed by atoms with Gasteiger partial charge in [-0.3, -0.25) is 14.4 Å². The summed E-state index contributed by atoms with van der Waals surface area (Å²) in [5.74, 6) is -0.151. The fourth-order valence-electron chi connectivity index (χ4n) is 4.19. The van der Waals surface area contributed by atoms with E-state index in [2.05, 4.69) is 5.32 Å². The van der Waals surface area contributed by atoms with Gasteiger partial charge in [-0.2, -0.15) is 0 Å². The highest BCUT2D eigenvalue weighted by molar-refractivity contribution is 5.82. The lowest BCUT2D eigenvalue weighted by Gasteiger charge is -2.38. The summed E-state index contributed by atoms with van der Waals surface area (Å²) in [4.78, 5) is 40.7. The molecule has 1 fully saturated rings. The van der Waals surface area contributed by atoms with Gasteiger partial charge in [0.2, 0.25) is 17.7 Å². The molecule has 0 spiro atoms. The van der Waals surface area contributed by atoms with E-state index in [-0.39, 0.29) is 36.2 Å². The minimum atomic E-state index is -0.310. The van der Waals surface area contributed by atoms with Gasteiger partial charge in [0, 0.05) is 45.2 Å². The Morgan fingerprint density at radius 3 is 2.76 bits per heavy atom. The Labute approximate surface area is 171 Å². The molecule has 0 bridgehead atoms. The van der Waals surface area contributed by atoms with E-state index in [9.17, 15) is 14.4 Å². The van der Waals surface area contributed by atoms with E-state index in [4.69, 9.17) is 5.73 Å². The summed E-state index contributed by atoms with van der Waals surface area (Å²) in [6, 6.07) is 7.54. The van der Waals surface area contributed by atoms with Gasteiger partial charge in [0.05, 0.1) is 12.5 Å². The highest BCUT2D eigenvalue weighted by Gasteiger charge is 2.33. The van der Waals surface area contributed by atoms with Crippen LogP contribution in [0.15, 0.2) is 30.5 Å². The van der Waals surface area contributed by atoms with Gasteiger partial charge < -0.3 is 20.9 Å². The van der Waals surface area contributed by atoms with Crippen LogP contribution in [0.3, 0.4) is 0 Å². The van der Waals surface area contributed by atoms with Crippen LogP contribution in [-0.2, 0) is 14.4 Å². The number of likely N-dealkylation sites (tertiary alicyclic amines) is 1. The Kier molecular flexibility index (Phi) is 7.04. The normalized spacial score (nSPS) is 20.9. The molecule has 156 valence electrons. The number of carbonyl (C=O) groups is 3. The standard InChI is InChI=1S/C22H30N4O3/c1-16(27)25-13-10-17-6-2-3-8-19(17)20(25)14-22(29)26-12-5-4-7-18(26)15-24-21(28)9-11-23/h2-3,6,8,10,13,18,20H,4-5,7,9,11-12,14-15,23H2,1H3,(H,24,28). The smallest absolute Gasteiger partial charge is 0.225 e. The van der Waals surface area contributed by atoms with Crippen LogP contribution in [0.1, 0.15) is 56.2 Å². The maximum atomic E-state index is 13.3. The number of hydrogen-bond donors (Lipinski definition) is 2. The van der Waals surface area contributed by atoms with Crippen molar-refractivity contribution < 1.29 is 14.4 Å². The molecule has 0 saturated carbocycles. The van der Waals surface area contributed by atoms with Gasteiger partial charge in [0.25, 0.3) is 0 Å². The van der Waals surface area contributed by atoms with Crippen molar-refractivity contribution in [1.29, 1.82) is 0 Å². The topological polar surface area (TPSA) is 95.7 Å². The molecule has 1 aromatic rings. The molecule has 2 unspecified atom stereocenters. The summed E-state index contributed by atoms with van der Waals surface area (Å²) in [6.07, 6.45) is 7.06. The Morgan fingerprint density at radius 1 is 1.21 bits per heavy atom. The maximum absolute atomic E-state index is 13.3. The predicted octanol–water partition coefficient (Wildman–Crippen LogP) is 1.80. The van der Waals surface area contributed by atoms with Crippen LogP contribution in [0.2, 0.25) is 0 Å². The Hall–Kier alpha value is -2.67. The summed E-state index contributed by atoms with van der Waals surface area (Å²) in [5, 5.41) is 2.90. The molecule has 3 amide bonds. The van der Waals surface area contributed by atoms with Crippen molar-refractivity contribution in [3.8, 4) is 0 Å². The van der Waals surface area contributed by atoms with Gasteiger partial charge in [-0.15, -0.1) is 0 Å². The molecular formula is C22H30N4O3. The Balaban J connectivity index is 1.73. The molecular weight excluding hydrogens is 368 g/mol. The van der Waals surface area contributed by atoms with Crippen molar-refractivity contribution >= 4 is 23.8 Å². The predicted molar refractivity (Wildman–Crippen MR) is 111 cm³/mol. The number of piperidine rings is 1. The molecule has 2 atom stereocenters. The number of nitrogens with zero attached hydrogens (tertiary/aromatic N) is 2. The number of carbonyl (C=O) groups excluding carboxylic acids is 3. The zero-order valence-corrected chi connectivity index (χ0v) is 17.0. The minimum absolute atomic E-state index is 0.0156. The number of benzene rings is 1. The van der Waals surface area contributed by atoms with E-state index in [0.717, 1.165) is 30.4 Å². The van der Waals surface area contributed by atoms with Crippen LogP contribution < -0.4 is 11.1 Å². The van der Waals surface area contributed by atoms with Crippen molar-refractivity contribution in [1.82, 2.24) is 15.1 Å². The SMILES string of the molecule is CC(=O)N1C=Cc2ccccc2C1CC(=O)N1CCCCC1CNC(=O)CCN. The van der Waals surface area contributed by atoms with Gasteiger partial charge >= 0.3 is 0 Å². The van der Waals surface area contributed by atoms with Crippen LogP contribution >= 0.6 is 0 Å². The number of nitrogens with one attached hydrogen (secondary N) is 1. The number of hydrogen-bond acceptors (Lipinski definition) is 4. The third-order valence-corrected chi connectivity index (χ3v) is 5.69. The van der Waals surface area contributed by atoms with Gasteiger partial charge in [0.1, 0.15) is 0 Å². The second-order valence-electron chi connectivity index (χ2n) is 7.67. The highest BCUT2D eigenvalue weighted by Crippen LogP contribution is 2.34. The van der Waals surface area contributed by atoms with Crippen molar-refractivity contribution in [2.24, 2.45) is 5.73 Å². The summed E-state index contributed by atoms with van der Waals surface area (Å²) in [6.45, 7) is 2.96. The average molecular weight is 399 g/mol. The third kappa shape index (κ3) is 5.03. The molecule has 0 radical (unpaired) electrons. The largest absolute Gasteiger partial charge is 0.354 e. The van der Waals surface area contributed by atoms with E-state index in [1.165, 1.54) is 6.92 Å². The van der Waals surface area contributed by atoms with E-state index in [1.54, 1.807) is 11.1 Å². The molecule has 0 aromatic heterocycles. The van der Waals surface area contributed by atoms with E-state index >= 15 is 0 Å². The van der Waals surface area contributed by atoms with E-state index in [1.807, 2.05) is 35.2 Å². The first kappa shape index (κ1) is 21.0. The van der Waals surface area contributed by atoms with Crippen molar-refractivity contribution in [2.75, 3.05) is 19.6 Å². The van der Waals surface area contributed by atoms with Crippen LogP contribution in [-0.4, -0.2) is 53.2 Å². The van der Waals surface area contributed by atoms with Crippen LogP contribution in [0.25, 0.3) is 6.08 Å². The quantitative estimate of drug-likeness (QED) is 0.764. The van der Waals surface area contributed by atoms with Crippen molar-refractivity contribution in [3.63, 3.8) is 0 Å². The Morgan fingerprint density at radius 2 is 2.00 bits per heavy atom. The first-order valence-electron chi connectivity index (χ1n) is 10.3. The third-order valence-electron chi connectivity index (χ3n) is 5.69. The fourth-order valence-corrected chi connectivity index (χ4v) is 4.19. The van der Waals surface area contributed by atoms with Crippen LogP contribution in [0.4, 0.5) is 0 Å². The number of amides is 3. The van der Waals surface area contributed by atoms with Crippen molar-refractivity contribution in [3.05, 3.63) is 41.6 Å². The molecule has 3 rings (SSSR count). The fraction of sp³-hybridized carbons (Fsp3) is 0.500. The van der Waals surface area contributed by atoms with Gasteiger partial charge in [-0.1, -0.05) is 24.3 Å². The molecule has 7 heteroatoms. The van der Waals surface area contributed by atoms with E-state index < -0.39 is 0 Å². The second-order valence-corrected chi connectivity index (χ2v) is 7.67. The van der Waals surface area contributed by atoms with Gasteiger partial charge in [0.15, 0.2) is 0 Å². The molecule has 2 aliphatic rings. The van der Waals surface area contributed by atoms with Gasteiger partial charge in [-0.25, -0.2) is 0 Å². The van der Waals surface area contributed by atoms with E-state index in [0.29, 0.717) is 26.1 Å². The van der Waals surface area contributed by atoms with Crippen LogP contribution in [0.5, 0.6) is 0 Å². The lowest BCUT2D eigenvalue weighted by atomic mass is 9.92. The van der Waals surface area contributed by atoms with Crippen molar-refractivity contribution in [2.45, 2.75) is 51.1 Å². The van der Waals surface area contributed by atoms with Crippen LogP contribution in [0, 0.1) is 0 Å². The summed E-state index contributed by atoms with van der Waals surface area (Å²) in [7, 11) is 0. The number of fused-ring (bicyclic) bond motifs is 1. The summed E-state index contributed by atoms with van der Waals surface area (Å²) < 4.78 is 0. The molecule has 2 aliphatic heterocycles. The lowest BCUT2D eigenvalue weighted by Crippen LogP contribution is -2.50. The molecule has 1 saturated heterocycles.